The van der Waals surface area contributed by atoms with Crippen molar-refractivity contribution in [3.05, 3.63) is 0 Å². The number of rotatable bonds is 4. The number of likely N-dealkylation sites (tertiary alicyclic amines) is 1. The highest BCUT2D eigenvalue weighted by atomic mass is 35.5. The molecule has 3 fully saturated rings. The highest BCUT2D eigenvalue weighted by Crippen LogP contribution is 2.58. The maximum absolute atomic E-state index is 12.4. The largest absolute Gasteiger partial charge is 0.354 e. The summed E-state index contributed by atoms with van der Waals surface area (Å²) in [5, 5.41) is 6.62. The van der Waals surface area contributed by atoms with E-state index in [0.717, 1.165) is 32.0 Å². The van der Waals surface area contributed by atoms with Crippen LogP contribution in [-0.4, -0.2) is 49.6 Å². The van der Waals surface area contributed by atoms with E-state index in [1.54, 1.807) is 0 Å². The summed E-state index contributed by atoms with van der Waals surface area (Å²) in [5.74, 6) is 1.48. The van der Waals surface area contributed by atoms with Crippen LogP contribution in [0.2, 0.25) is 0 Å². The minimum Gasteiger partial charge on any atom is -0.354 e. The molecule has 0 aromatic rings. The van der Waals surface area contributed by atoms with Crippen molar-refractivity contribution in [3.63, 3.8) is 0 Å². The Morgan fingerprint density at radius 1 is 1.26 bits per heavy atom. The van der Waals surface area contributed by atoms with Crippen LogP contribution < -0.4 is 10.6 Å². The molecular formula is C17H33Cl2N3O. The number of nitrogens with zero attached hydrogens (tertiary/aromatic N) is 1. The molecule has 0 aromatic heterocycles. The zero-order valence-corrected chi connectivity index (χ0v) is 16.1. The fourth-order valence-corrected chi connectivity index (χ4v) is 4.17. The number of carbonyl (C=O) groups excluding carboxylic acids is 1. The van der Waals surface area contributed by atoms with E-state index >= 15 is 0 Å². The van der Waals surface area contributed by atoms with Crippen LogP contribution in [0.5, 0.6) is 0 Å². The van der Waals surface area contributed by atoms with Gasteiger partial charge in [0, 0.05) is 18.5 Å². The van der Waals surface area contributed by atoms with Gasteiger partial charge in [-0.1, -0.05) is 6.92 Å². The van der Waals surface area contributed by atoms with E-state index in [0.29, 0.717) is 23.3 Å². The maximum atomic E-state index is 12.4. The maximum Gasteiger partial charge on any atom is 0.223 e. The Labute approximate surface area is 153 Å². The van der Waals surface area contributed by atoms with Crippen LogP contribution >= 0.6 is 24.8 Å². The van der Waals surface area contributed by atoms with Crippen LogP contribution in [0.4, 0.5) is 0 Å². The van der Waals surface area contributed by atoms with Crippen molar-refractivity contribution in [2.24, 2.45) is 17.3 Å². The molecule has 2 N–H and O–H groups in total. The van der Waals surface area contributed by atoms with Gasteiger partial charge in [-0.3, -0.25) is 9.69 Å². The Kier molecular flexibility index (Phi) is 8.12. The summed E-state index contributed by atoms with van der Waals surface area (Å²) in [6.07, 6.45) is 6.10. The molecule has 1 saturated carbocycles. The molecule has 0 bridgehead atoms. The third-order valence-electron chi connectivity index (χ3n) is 6.12. The Morgan fingerprint density at radius 2 is 1.87 bits per heavy atom. The fraction of sp³-hybridized carbons (Fsp3) is 0.941. The van der Waals surface area contributed by atoms with Gasteiger partial charge in [0.2, 0.25) is 5.91 Å². The van der Waals surface area contributed by atoms with Crippen LogP contribution in [-0.2, 0) is 4.79 Å². The first kappa shape index (κ1) is 21.0. The zero-order chi connectivity index (χ0) is 14.9. The molecule has 0 aromatic carbocycles. The van der Waals surface area contributed by atoms with Crippen molar-refractivity contribution in [2.45, 2.75) is 52.0 Å². The average Bonchev–Trinajstić information content (AvgIpc) is 3.19. The lowest BCUT2D eigenvalue weighted by Crippen LogP contribution is -2.46. The second-order valence-electron chi connectivity index (χ2n) is 7.68. The number of carbonyl (C=O) groups is 1. The first-order valence-electron chi connectivity index (χ1n) is 8.83. The van der Waals surface area contributed by atoms with Crippen LogP contribution in [0.3, 0.4) is 0 Å². The molecule has 0 radical (unpaired) electrons. The molecule has 3 aliphatic rings. The molecule has 1 amide bonds. The predicted molar refractivity (Wildman–Crippen MR) is 99.6 cm³/mol. The van der Waals surface area contributed by atoms with Gasteiger partial charge in [0.05, 0.1) is 0 Å². The third-order valence-corrected chi connectivity index (χ3v) is 6.12. The number of hydrogen-bond donors (Lipinski definition) is 2. The summed E-state index contributed by atoms with van der Waals surface area (Å²) in [6, 6.07) is 0.476. The van der Waals surface area contributed by atoms with Gasteiger partial charge in [-0.05, 0) is 76.5 Å². The van der Waals surface area contributed by atoms with E-state index in [1.807, 2.05) is 0 Å². The third kappa shape index (κ3) is 4.97. The van der Waals surface area contributed by atoms with Crippen LogP contribution in [0.1, 0.15) is 46.0 Å². The monoisotopic (exact) mass is 365 g/mol. The number of hydrogen-bond acceptors (Lipinski definition) is 3. The zero-order valence-electron chi connectivity index (χ0n) is 14.5. The normalized spacial score (nSPS) is 28.3. The van der Waals surface area contributed by atoms with Crippen LogP contribution in [0, 0.1) is 17.3 Å². The summed E-state index contributed by atoms with van der Waals surface area (Å²) in [7, 11) is 0. The van der Waals surface area contributed by atoms with E-state index in [4.69, 9.17) is 0 Å². The summed E-state index contributed by atoms with van der Waals surface area (Å²) in [4.78, 5) is 14.9. The molecule has 6 heteroatoms. The Morgan fingerprint density at radius 3 is 2.48 bits per heavy atom. The quantitative estimate of drug-likeness (QED) is 0.803. The summed E-state index contributed by atoms with van der Waals surface area (Å²) < 4.78 is 0. The molecule has 136 valence electrons. The molecule has 3 rings (SSSR count). The van der Waals surface area contributed by atoms with Crippen molar-refractivity contribution in [1.29, 1.82) is 0 Å². The molecule has 23 heavy (non-hydrogen) atoms. The van der Waals surface area contributed by atoms with Crippen molar-refractivity contribution >= 4 is 30.7 Å². The fourth-order valence-electron chi connectivity index (χ4n) is 4.17. The van der Waals surface area contributed by atoms with Gasteiger partial charge in [-0.2, -0.15) is 0 Å². The number of nitrogens with one attached hydrogen (secondary N) is 2. The van der Waals surface area contributed by atoms with E-state index in [9.17, 15) is 4.79 Å². The van der Waals surface area contributed by atoms with E-state index in [1.165, 1.54) is 38.8 Å². The molecule has 2 unspecified atom stereocenters. The Hall–Kier alpha value is -0.0300. The molecule has 1 aliphatic carbocycles. The second-order valence-corrected chi connectivity index (χ2v) is 7.68. The molecule has 2 aliphatic heterocycles. The molecule has 4 nitrogen and oxygen atoms in total. The first-order chi connectivity index (χ1) is 10.1. The number of piperidine rings is 2. The van der Waals surface area contributed by atoms with Gasteiger partial charge in [0.1, 0.15) is 0 Å². The predicted octanol–water partition coefficient (Wildman–Crippen LogP) is 2.46. The minimum absolute atomic E-state index is 0. The van der Waals surface area contributed by atoms with Crippen molar-refractivity contribution in [2.75, 3.05) is 32.7 Å². The number of halogens is 2. The second kappa shape index (κ2) is 8.89. The SMILES string of the molecule is CC1CCN(C(C)CNC(=O)C2CC23CCNCC3)CC1.Cl.Cl. The summed E-state index contributed by atoms with van der Waals surface area (Å²) in [5.41, 5.74) is 0.360. The molecule has 2 saturated heterocycles. The van der Waals surface area contributed by atoms with Crippen LogP contribution in [0.25, 0.3) is 0 Å². The highest BCUT2D eigenvalue weighted by molar-refractivity contribution is 5.85. The van der Waals surface area contributed by atoms with E-state index < -0.39 is 0 Å². The van der Waals surface area contributed by atoms with Crippen molar-refractivity contribution in [3.8, 4) is 0 Å². The lowest BCUT2D eigenvalue weighted by molar-refractivity contribution is -0.123. The van der Waals surface area contributed by atoms with Crippen molar-refractivity contribution < 1.29 is 4.79 Å². The average molecular weight is 366 g/mol. The smallest absolute Gasteiger partial charge is 0.223 e. The van der Waals surface area contributed by atoms with Gasteiger partial charge < -0.3 is 10.6 Å². The molecule has 1 spiro atoms. The molecular weight excluding hydrogens is 333 g/mol. The van der Waals surface area contributed by atoms with Crippen molar-refractivity contribution in [1.82, 2.24) is 15.5 Å². The Balaban J connectivity index is 0.00000132. The lowest BCUT2D eigenvalue weighted by atomic mass is 9.92. The van der Waals surface area contributed by atoms with Crippen LogP contribution in [0.15, 0.2) is 0 Å². The minimum atomic E-state index is 0. The standard InChI is InChI=1S/C17H31N3O.2ClH/c1-13-3-9-20(10-4-13)14(2)12-19-16(21)15-11-17(15)5-7-18-8-6-17;;/h13-15,18H,3-12H2,1-2H3,(H,19,21);2*1H. The van der Waals surface area contributed by atoms with Gasteiger partial charge >= 0.3 is 0 Å². The first-order valence-corrected chi connectivity index (χ1v) is 8.83. The summed E-state index contributed by atoms with van der Waals surface area (Å²) >= 11 is 0. The molecule has 2 heterocycles. The van der Waals surface area contributed by atoms with E-state index in [2.05, 4.69) is 29.4 Å². The van der Waals surface area contributed by atoms with E-state index in [-0.39, 0.29) is 24.8 Å². The van der Waals surface area contributed by atoms with Gasteiger partial charge in [-0.25, -0.2) is 0 Å². The highest BCUT2D eigenvalue weighted by Gasteiger charge is 2.57. The molecule has 2 atom stereocenters. The van der Waals surface area contributed by atoms with Gasteiger partial charge in [-0.15, -0.1) is 24.8 Å². The topological polar surface area (TPSA) is 44.4 Å². The lowest BCUT2D eigenvalue weighted by Gasteiger charge is -2.35. The summed E-state index contributed by atoms with van der Waals surface area (Å²) in [6.45, 7) is 9.98. The van der Waals surface area contributed by atoms with Gasteiger partial charge in [0.15, 0.2) is 0 Å². The number of amides is 1. The Bertz CT molecular complexity index is 380. The van der Waals surface area contributed by atoms with Gasteiger partial charge in [0.25, 0.3) is 0 Å².